The van der Waals surface area contributed by atoms with E-state index in [0.29, 0.717) is 57.3 Å². The Morgan fingerprint density at radius 3 is 2.55 bits per heavy atom. The largest absolute Gasteiger partial charge is 0.489 e. The number of amides is 2. The van der Waals surface area contributed by atoms with Gasteiger partial charge in [-0.25, -0.2) is 9.78 Å². The molecular weight excluding hydrogens is 447 g/mol. The van der Waals surface area contributed by atoms with E-state index in [1.807, 2.05) is 25.7 Å². The SMILES string of the molecule is CC(C)(C)OC(=O)N1CCN2C(=O)c3c(N4CCOCC4)nc(Cl)c(Cl)c3OCC2C1. The summed E-state index contributed by atoms with van der Waals surface area (Å²) in [6.45, 7) is 8.91. The average molecular weight is 473 g/mol. The van der Waals surface area contributed by atoms with Gasteiger partial charge in [0.2, 0.25) is 0 Å². The molecule has 0 aromatic carbocycles. The minimum Gasteiger partial charge on any atom is -0.489 e. The van der Waals surface area contributed by atoms with Gasteiger partial charge in [0, 0.05) is 32.7 Å². The van der Waals surface area contributed by atoms with Crippen LogP contribution in [0.2, 0.25) is 10.2 Å². The number of morpholine rings is 1. The molecule has 1 aromatic rings. The molecule has 1 aromatic heterocycles. The molecule has 0 N–H and O–H groups in total. The van der Waals surface area contributed by atoms with Gasteiger partial charge in [-0.15, -0.1) is 0 Å². The van der Waals surface area contributed by atoms with E-state index in [2.05, 4.69) is 4.98 Å². The number of nitrogens with zero attached hydrogens (tertiary/aromatic N) is 4. The number of rotatable bonds is 1. The van der Waals surface area contributed by atoms with Crippen LogP contribution in [0.4, 0.5) is 10.6 Å². The first-order chi connectivity index (χ1) is 14.7. The highest BCUT2D eigenvalue weighted by Crippen LogP contribution is 2.42. The second-order valence-electron chi connectivity index (χ2n) is 8.73. The van der Waals surface area contributed by atoms with E-state index in [-0.39, 0.29) is 34.5 Å². The minimum atomic E-state index is -0.594. The molecule has 3 aliphatic heterocycles. The topological polar surface area (TPSA) is 84.4 Å². The molecule has 0 aliphatic carbocycles. The molecule has 1 unspecified atom stereocenters. The number of aromatic nitrogens is 1. The molecule has 2 amide bonds. The van der Waals surface area contributed by atoms with Crippen LogP contribution in [-0.2, 0) is 9.47 Å². The number of piperazine rings is 1. The molecule has 0 radical (unpaired) electrons. The van der Waals surface area contributed by atoms with E-state index in [0.717, 1.165) is 0 Å². The number of carbonyl (C=O) groups excluding carboxylic acids is 2. The molecule has 0 spiro atoms. The number of anilines is 1. The van der Waals surface area contributed by atoms with E-state index >= 15 is 0 Å². The second kappa shape index (κ2) is 8.52. The summed E-state index contributed by atoms with van der Waals surface area (Å²) < 4.78 is 16.9. The first kappa shape index (κ1) is 22.2. The van der Waals surface area contributed by atoms with Crippen LogP contribution in [0.15, 0.2) is 0 Å². The molecule has 0 bridgehead atoms. The van der Waals surface area contributed by atoms with Crippen LogP contribution in [-0.4, -0.2) is 91.0 Å². The van der Waals surface area contributed by atoms with E-state index < -0.39 is 11.7 Å². The first-order valence-electron chi connectivity index (χ1n) is 10.3. The summed E-state index contributed by atoms with van der Waals surface area (Å²) in [5.41, 5.74) is -0.284. The molecule has 0 saturated carbocycles. The van der Waals surface area contributed by atoms with Crippen molar-refractivity contribution in [3.63, 3.8) is 0 Å². The monoisotopic (exact) mass is 472 g/mol. The van der Waals surface area contributed by atoms with Crippen LogP contribution < -0.4 is 9.64 Å². The molecule has 4 rings (SSSR count). The number of pyridine rings is 1. The maximum atomic E-state index is 13.6. The lowest BCUT2D eigenvalue weighted by Crippen LogP contribution is -2.58. The Morgan fingerprint density at radius 1 is 1.16 bits per heavy atom. The predicted octanol–water partition coefficient (Wildman–Crippen LogP) is 2.68. The zero-order chi connectivity index (χ0) is 22.3. The van der Waals surface area contributed by atoms with Crippen LogP contribution >= 0.6 is 23.2 Å². The van der Waals surface area contributed by atoms with E-state index in [9.17, 15) is 9.59 Å². The van der Waals surface area contributed by atoms with Gasteiger partial charge >= 0.3 is 6.09 Å². The van der Waals surface area contributed by atoms with E-state index in [1.54, 1.807) is 9.80 Å². The number of hydrogen-bond acceptors (Lipinski definition) is 7. The van der Waals surface area contributed by atoms with Crippen LogP contribution in [0.1, 0.15) is 31.1 Å². The second-order valence-corrected chi connectivity index (χ2v) is 9.47. The predicted molar refractivity (Wildman–Crippen MR) is 115 cm³/mol. The van der Waals surface area contributed by atoms with Gasteiger partial charge in [-0.3, -0.25) is 4.79 Å². The molecule has 170 valence electrons. The van der Waals surface area contributed by atoms with Crippen LogP contribution in [0.3, 0.4) is 0 Å². The maximum absolute atomic E-state index is 13.6. The summed E-state index contributed by atoms with van der Waals surface area (Å²) >= 11 is 12.7. The number of ether oxygens (including phenoxy) is 3. The lowest BCUT2D eigenvalue weighted by atomic mass is 10.1. The van der Waals surface area contributed by atoms with Crippen molar-refractivity contribution in [2.45, 2.75) is 32.4 Å². The molecule has 4 heterocycles. The lowest BCUT2D eigenvalue weighted by molar-refractivity contribution is 0.000953. The summed E-state index contributed by atoms with van der Waals surface area (Å²) in [6.07, 6.45) is -0.405. The van der Waals surface area contributed by atoms with Gasteiger partial charge in [0.1, 0.15) is 28.6 Å². The highest BCUT2D eigenvalue weighted by molar-refractivity contribution is 6.42. The summed E-state index contributed by atoms with van der Waals surface area (Å²) in [5.74, 6) is 0.466. The zero-order valence-corrected chi connectivity index (χ0v) is 19.3. The average Bonchev–Trinajstić information content (AvgIpc) is 2.87. The molecular formula is C20H26Cl2N4O5. The fourth-order valence-electron chi connectivity index (χ4n) is 3.92. The third-order valence-corrected chi connectivity index (χ3v) is 6.10. The number of hydrogen-bond donors (Lipinski definition) is 0. The zero-order valence-electron chi connectivity index (χ0n) is 17.8. The molecule has 11 heteroatoms. The summed E-state index contributed by atoms with van der Waals surface area (Å²) in [5, 5.41) is 0.204. The van der Waals surface area contributed by atoms with Crippen molar-refractivity contribution in [1.29, 1.82) is 0 Å². The summed E-state index contributed by atoms with van der Waals surface area (Å²) in [7, 11) is 0. The fraction of sp³-hybridized carbons (Fsp3) is 0.650. The Balaban J connectivity index is 1.63. The lowest BCUT2D eigenvalue weighted by Gasteiger charge is -2.40. The standard InChI is InChI=1S/C20H26Cl2N4O5/c1-20(2,3)31-19(28)25-4-5-26-12(10-25)11-30-15-13(18(26)27)17(23-16(22)14(15)21)24-6-8-29-9-7-24/h12H,4-11H2,1-3H3. The van der Waals surface area contributed by atoms with Crippen molar-refractivity contribution in [2.75, 3.05) is 57.4 Å². The van der Waals surface area contributed by atoms with Gasteiger partial charge < -0.3 is 28.9 Å². The molecule has 2 saturated heterocycles. The fourth-order valence-corrected chi connectivity index (χ4v) is 4.27. The molecule has 1 atom stereocenters. The molecule has 3 aliphatic rings. The molecule has 31 heavy (non-hydrogen) atoms. The van der Waals surface area contributed by atoms with Gasteiger partial charge in [-0.2, -0.15) is 0 Å². The van der Waals surface area contributed by atoms with Gasteiger partial charge in [-0.05, 0) is 20.8 Å². The van der Waals surface area contributed by atoms with Crippen LogP contribution in [0.5, 0.6) is 5.75 Å². The maximum Gasteiger partial charge on any atom is 0.410 e. The molecule has 9 nitrogen and oxygen atoms in total. The van der Waals surface area contributed by atoms with Gasteiger partial charge in [0.15, 0.2) is 10.9 Å². The van der Waals surface area contributed by atoms with E-state index in [4.69, 9.17) is 37.4 Å². The number of halogens is 2. The third-order valence-electron chi connectivity index (χ3n) is 5.38. The van der Waals surface area contributed by atoms with Crippen molar-refractivity contribution in [1.82, 2.24) is 14.8 Å². The Kier molecular flexibility index (Phi) is 6.11. The smallest absolute Gasteiger partial charge is 0.410 e. The quantitative estimate of drug-likeness (QED) is 0.580. The number of fused-ring (bicyclic) bond motifs is 2. The van der Waals surface area contributed by atoms with Crippen LogP contribution in [0, 0.1) is 0 Å². The minimum absolute atomic E-state index is 0.0879. The third kappa shape index (κ3) is 4.49. The van der Waals surface area contributed by atoms with Crippen LogP contribution in [0.25, 0.3) is 0 Å². The van der Waals surface area contributed by atoms with Crippen molar-refractivity contribution in [3.8, 4) is 5.75 Å². The van der Waals surface area contributed by atoms with Gasteiger partial charge in [0.05, 0.1) is 19.3 Å². The van der Waals surface area contributed by atoms with Gasteiger partial charge in [0.25, 0.3) is 5.91 Å². The van der Waals surface area contributed by atoms with Crippen molar-refractivity contribution in [2.24, 2.45) is 0 Å². The summed E-state index contributed by atoms with van der Waals surface area (Å²) in [6, 6.07) is -0.339. The van der Waals surface area contributed by atoms with Crippen molar-refractivity contribution >= 4 is 41.0 Å². The highest BCUT2D eigenvalue weighted by atomic mass is 35.5. The van der Waals surface area contributed by atoms with Crippen molar-refractivity contribution in [3.05, 3.63) is 15.7 Å². The van der Waals surface area contributed by atoms with Gasteiger partial charge in [-0.1, -0.05) is 23.2 Å². The molecule has 2 fully saturated rings. The Labute approximate surface area is 191 Å². The summed E-state index contributed by atoms with van der Waals surface area (Å²) in [4.78, 5) is 35.8. The Bertz CT molecular complexity index is 885. The Hall–Kier alpha value is -1.97. The normalized spacial score (nSPS) is 21.8. The Morgan fingerprint density at radius 2 is 1.87 bits per heavy atom. The number of carbonyl (C=O) groups is 2. The van der Waals surface area contributed by atoms with E-state index in [1.165, 1.54) is 0 Å². The highest BCUT2D eigenvalue weighted by Gasteiger charge is 2.41. The van der Waals surface area contributed by atoms with Crippen molar-refractivity contribution < 1.29 is 23.8 Å². The first-order valence-corrected chi connectivity index (χ1v) is 11.0.